The van der Waals surface area contributed by atoms with Gasteiger partial charge in [-0.3, -0.25) is 4.79 Å². The van der Waals surface area contributed by atoms with Crippen LogP contribution in [0.4, 0.5) is 0 Å². The zero-order valence-electron chi connectivity index (χ0n) is 15.9. The largest absolute Gasteiger partial charge is 0.494 e. The van der Waals surface area contributed by atoms with E-state index in [2.05, 4.69) is 5.32 Å². The van der Waals surface area contributed by atoms with Crippen LogP contribution in [0, 0.1) is 0 Å². The van der Waals surface area contributed by atoms with Gasteiger partial charge in [0.05, 0.1) is 25.9 Å². The van der Waals surface area contributed by atoms with Crippen LogP contribution >= 0.6 is 0 Å². The Hall–Kier alpha value is -2.69. The van der Waals surface area contributed by atoms with E-state index in [-0.39, 0.29) is 11.9 Å². The molecule has 2 aromatic carbocycles. The molecule has 0 spiro atoms. The van der Waals surface area contributed by atoms with Crippen molar-refractivity contribution < 1.29 is 19.0 Å². The molecule has 2 aromatic rings. The molecule has 1 amide bonds. The van der Waals surface area contributed by atoms with Crippen LogP contribution in [0.5, 0.6) is 17.2 Å². The van der Waals surface area contributed by atoms with E-state index < -0.39 is 0 Å². The maximum Gasteiger partial charge on any atom is 0.251 e. The zero-order valence-corrected chi connectivity index (χ0v) is 15.9. The fraction of sp³-hybridized carbons (Fsp3) is 0.381. The van der Waals surface area contributed by atoms with Crippen molar-refractivity contribution in [2.24, 2.45) is 0 Å². The molecule has 0 aliphatic carbocycles. The molecule has 5 nitrogen and oxygen atoms in total. The first-order valence-electron chi connectivity index (χ1n) is 9.02. The molecule has 2 rings (SSSR count). The summed E-state index contributed by atoms with van der Waals surface area (Å²) in [4.78, 5) is 12.5. The van der Waals surface area contributed by atoms with Crippen molar-refractivity contribution in [1.29, 1.82) is 0 Å². The Morgan fingerprint density at radius 1 is 0.885 bits per heavy atom. The van der Waals surface area contributed by atoms with Gasteiger partial charge in [-0.15, -0.1) is 0 Å². The normalized spacial score (nSPS) is 11.5. The van der Waals surface area contributed by atoms with Crippen molar-refractivity contribution >= 4 is 5.91 Å². The van der Waals surface area contributed by atoms with Gasteiger partial charge in [-0.05, 0) is 69.7 Å². The molecule has 0 aromatic heterocycles. The van der Waals surface area contributed by atoms with Gasteiger partial charge in [0, 0.05) is 5.56 Å². The summed E-state index contributed by atoms with van der Waals surface area (Å²) in [6.07, 6.45) is 0. The molecule has 5 heteroatoms. The van der Waals surface area contributed by atoms with E-state index in [1.807, 2.05) is 45.9 Å². The van der Waals surface area contributed by atoms with Crippen molar-refractivity contribution in [2.75, 3.05) is 19.8 Å². The first-order valence-corrected chi connectivity index (χ1v) is 9.02. The Bertz CT molecular complexity index is 712. The first kappa shape index (κ1) is 19.6. The summed E-state index contributed by atoms with van der Waals surface area (Å²) >= 11 is 0. The molecule has 0 radical (unpaired) electrons. The van der Waals surface area contributed by atoms with Gasteiger partial charge in [0.15, 0.2) is 11.5 Å². The molecule has 1 N–H and O–H groups in total. The zero-order chi connectivity index (χ0) is 18.9. The average molecular weight is 357 g/mol. The smallest absolute Gasteiger partial charge is 0.251 e. The highest BCUT2D eigenvalue weighted by Gasteiger charge is 2.14. The van der Waals surface area contributed by atoms with Gasteiger partial charge < -0.3 is 19.5 Å². The van der Waals surface area contributed by atoms with E-state index in [1.54, 1.807) is 24.3 Å². The predicted molar refractivity (Wildman–Crippen MR) is 102 cm³/mol. The molecule has 0 fully saturated rings. The number of benzene rings is 2. The van der Waals surface area contributed by atoms with Gasteiger partial charge in [-0.1, -0.05) is 6.07 Å². The second kappa shape index (κ2) is 9.70. The van der Waals surface area contributed by atoms with Gasteiger partial charge in [0.25, 0.3) is 5.91 Å². The third-order valence-electron chi connectivity index (χ3n) is 3.84. The van der Waals surface area contributed by atoms with Crippen LogP contribution in [-0.4, -0.2) is 25.7 Å². The number of hydrogen-bond donors (Lipinski definition) is 1. The molecule has 0 bridgehead atoms. The summed E-state index contributed by atoms with van der Waals surface area (Å²) in [6.45, 7) is 9.46. The SMILES string of the molecule is CCOc1ccc(C(=O)NC(C)c2ccc(OCC)c(OCC)c2)cc1. The summed E-state index contributed by atoms with van der Waals surface area (Å²) in [7, 11) is 0. The highest BCUT2D eigenvalue weighted by atomic mass is 16.5. The van der Waals surface area contributed by atoms with Crippen LogP contribution in [0.2, 0.25) is 0 Å². The first-order chi connectivity index (χ1) is 12.6. The number of amides is 1. The summed E-state index contributed by atoms with van der Waals surface area (Å²) in [6, 6.07) is 12.7. The van der Waals surface area contributed by atoms with Crippen LogP contribution in [0.1, 0.15) is 49.7 Å². The summed E-state index contributed by atoms with van der Waals surface area (Å²) in [5.41, 5.74) is 1.55. The maximum atomic E-state index is 12.5. The molecule has 1 atom stereocenters. The number of nitrogens with one attached hydrogen (secondary N) is 1. The minimum Gasteiger partial charge on any atom is -0.494 e. The second-order valence-electron chi connectivity index (χ2n) is 5.72. The van der Waals surface area contributed by atoms with E-state index in [9.17, 15) is 4.79 Å². The lowest BCUT2D eigenvalue weighted by molar-refractivity contribution is 0.0939. The van der Waals surface area contributed by atoms with Crippen LogP contribution in [0.25, 0.3) is 0 Å². The van der Waals surface area contributed by atoms with Crippen molar-refractivity contribution in [3.05, 3.63) is 53.6 Å². The molecule has 0 saturated carbocycles. The molecule has 1 unspecified atom stereocenters. The second-order valence-corrected chi connectivity index (χ2v) is 5.72. The maximum absolute atomic E-state index is 12.5. The standard InChI is InChI=1S/C21H27NO4/c1-5-24-18-11-8-16(9-12-18)21(23)22-15(4)17-10-13-19(25-6-2)20(14-17)26-7-3/h8-15H,5-7H2,1-4H3,(H,22,23). The Morgan fingerprint density at radius 2 is 1.50 bits per heavy atom. The lowest BCUT2D eigenvalue weighted by atomic mass is 10.1. The van der Waals surface area contributed by atoms with Crippen molar-refractivity contribution in [2.45, 2.75) is 33.7 Å². The van der Waals surface area contributed by atoms with E-state index in [4.69, 9.17) is 14.2 Å². The van der Waals surface area contributed by atoms with Gasteiger partial charge >= 0.3 is 0 Å². The third kappa shape index (κ3) is 5.15. The minimum absolute atomic E-state index is 0.132. The van der Waals surface area contributed by atoms with E-state index in [0.29, 0.717) is 36.9 Å². The number of ether oxygens (including phenoxy) is 3. The number of carbonyl (C=O) groups excluding carboxylic acids is 1. The lowest BCUT2D eigenvalue weighted by Crippen LogP contribution is -2.26. The Balaban J connectivity index is 2.09. The molecule has 0 heterocycles. The fourth-order valence-electron chi connectivity index (χ4n) is 2.57. The molecule has 0 aliphatic heterocycles. The molecule has 0 aliphatic rings. The molecule has 140 valence electrons. The van der Waals surface area contributed by atoms with Crippen molar-refractivity contribution in [1.82, 2.24) is 5.32 Å². The fourth-order valence-corrected chi connectivity index (χ4v) is 2.57. The van der Waals surface area contributed by atoms with Gasteiger partial charge in [-0.25, -0.2) is 0 Å². The van der Waals surface area contributed by atoms with E-state index in [0.717, 1.165) is 11.3 Å². The number of rotatable bonds is 9. The average Bonchev–Trinajstić information content (AvgIpc) is 2.64. The molecular formula is C21H27NO4. The molecule has 26 heavy (non-hydrogen) atoms. The lowest BCUT2D eigenvalue weighted by Gasteiger charge is -2.17. The Kier molecular flexibility index (Phi) is 7.33. The van der Waals surface area contributed by atoms with Crippen molar-refractivity contribution in [3.8, 4) is 17.2 Å². The highest BCUT2D eigenvalue weighted by Crippen LogP contribution is 2.30. The minimum atomic E-state index is -0.163. The van der Waals surface area contributed by atoms with E-state index >= 15 is 0 Å². The van der Waals surface area contributed by atoms with Gasteiger partial charge in [-0.2, -0.15) is 0 Å². The summed E-state index contributed by atoms with van der Waals surface area (Å²) < 4.78 is 16.6. The Morgan fingerprint density at radius 3 is 2.12 bits per heavy atom. The van der Waals surface area contributed by atoms with Crippen LogP contribution in [0.3, 0.4) is 0 Å². The molecular weight excluding hydrogens is 330 g/mol. The van der Waals surface area contributed by atoms with Gasteiger partial charge in [0.1, 0.15) is 5.75 Å². The van der Waals surface area contributed by atoms with E-state index in [1.165, 1.54) is 0 Å². The Labute approximate surface area is 155 Å². The monoisotopic (exact) mass is 357 g/mol. The van der Waals surface area contributed by atoms with Crippen LogP contribution in [-0.2, 0) is 0 Å². The third-order valence-corrected chi connectivity index (χ3v) is 3.84. The quantitative estimate of drug-likeness (QED) is 0.724. The van der Waals surface area contributed by atoms with Crippen LogP contribution in [0.15, 0.2) is 42.5 Å². The van der Waals surface area contributed by atoms with Crippen LogP contribution < -0.4 is 19.5 Å². The number of hydrogen-bond acceptors (Lipinski definition) is 4. The summed E-state index contributed by atoms with van der Waals surface area (Å²) in [5.74, 6) is 2.02. The topological polar surface area (TPSA) is 56.8 Å². The number of carbonyl (C=O) groups is 1. The summed E-state index contributed by atoms with van der Waals surface area (Å²) in [5, 5.41) is 3.01. The van der Waals surface area contributed by atoms with Crippen molar-refractivity contribution in [3.63, 3.8) is 0 Å². The predicted octanol–water partition coefficient (Wildman–Crippen LogP) is 4.37. The van der Waals surface area contributed by atoms with Gasteiger partial charge in [0.2, 0.25) is 0 Å². The molecule has 0 saturated heterocycles. The highest BCUT2D eigenvalue weighted by molar-refractivity contribution is 5.94.